The molecule has 1 heterocycles. The number of hydrogen-bond donors (Lipinski definition) is 0. The van der Waals surface area contributed by atoms with E-state index in [0.29, 0.717) is 5.56 Å². The second-order valence-electron chi connectivity index (χ2n) is 3.75. The SMILES string of the molecule is COC1C=Cc2ccccc2S(=O)(=O)C1OC. The van der Waals surface area contributed by atoms with Gasteiger partial charge in [0.05, 0.1) is 4.90 Å². The quantitative estimate of drug-likeness (QED) is 0.802. The number of rotatable bonds is 2. The number of benzene rings is 1. The van der Waals surface area contributed by atoms with Gasteiger partial charge in [-0.2, -0.15) is 0 Å². The van der Waals surface area contributed by atoms with Crippen LogP contribution in [0.2, 0.25) is 0 Å². The molecule has 1 aromatic carbocycles. The number of ether oxygens (including phenoxy) is 2. The van der Waals surface area contributed by atoms with Gasteiger partial charge in [-0.1, -0.05) is 30.4 Å². The van der Waals surface area contributed by atoms with Crippen LogP contribution < -0.4 is 0 Å². The van der Waals surface area contributed by atoms with Crippen LogP contribution in [-0.2, 0) is 19.3 Å². The van der Waals surface area contributed by atoms with Crippen molar-refractivity contribution in [1.82, 2.24) is 0 Å². The molecule has 0 saturated heterocycles. The molecule has 0 N–H and O–H groups in total. The van der Waals surface area contributed by atoms with Gasteiger partial charge < -0.3 is 9.47 Å². The summed E-state index contributed by atoms with van der Waals surface area (Å²) in [4.78, 5) is 0.280. The van der Waals surface area contributed by atoms with Crippen molar-refractivity contribution in [2.24, 2.45) is 0 Å². The third-order valence-corrected chi connectivity index (χ3v) is 4.83. The van der Waals surface area contributed by atoms with Crippen molar-refractivity contribution in [3.63, 3.8) is 0 Å². The minimum atomic E-state index is -3.54. The van der Waals surface area contributed by atoms with E-state index in [1.807, 2.05) is 0 Å². The van der Waals surface area contributed by atoms with Gasteiger partial charge in [-0.3, -0.25) is 0 Å². The number of methoxy groups -OCH3 is 2. The molecule has 0 saturated carbocycles. The first-order valence-corrected chi connectivity index (χ1v) is 6.72. The van der Waals surface area contributed by atoms with E-state index in [0.717, 1.165) is 0 Å². The molecular weight excluding hydrogens is 240 g/mol. The monoisotopic (exact) mass is 254 g/mol. The molecular formula is C12H14O4S. The van der Waals surface area contributed by atoms with Crippen molar-refractivity contribution < 1.29 is 17.9 Å². The van der Waals surface area contributed by atoms with Crippen molar-refractivity contribution in [1.29, 1.82) is 0 Å². The molecule has 2 rings (SSSR count). The Balaban J connectivity index is 2.64. The Labute approximate surface area is 101 Å². The lowest BCUT2D eigenvalue weighted by Crippen LogP contribution is -2.35. The highest BCUT2D eigenvalue weighted by Crippen LogP contribution is 2.28. The summed E-state index contributed by atoms with van der Waals surface area (Å²) in [5.74, 6) is 0. The maximum absolute atomic E-state index is 12.4. The summed E-state index contributed by atoms with van der Waals surface area (Å²) in [6, 6.07) is 6.84. The predicted octanol–water partition coefficient (Wildman–Crippen LogP) is 1.47. The molecule has 4 nitrogen and oxygen atoms in total. The molecule has 1 aliphatic rings. The highest BCUT2D eigenvalue weighted by atomic mass is 32.2. The molecule has 0 radical (unpaired) electrons. The van der Waals surface area contributed by atoms with E-state index in [4.69, 9.17) is 9.47 Å². The lowest BCUT2D eigenvalue weighted by atomic mass is 10.2. The van der Waals surface area contributed by atoms with Gasteiger partial charge >= 0.3 is 0 Å². The standard InChI is InChI=1S/C12H14O4S/c1-15-10-8-7-9-5-3-4-6-11(9)17(13,14)12(10)16-2/h3-8,10,12H,1-2H3. The van der Waals surface area contributed by atoms with Gasteiger partial charge in [0.1, 0.15) is 6.10 Å². The Hall–Kier alpha value is -1.17. The van der Waals surface area contributed by atoms with E-state index in [-0.39, 0.29) is 4.90 Å². The van der Waals surface area contributed by atoms with Gasteiger partial charge in [-0.25, -0.2) is 8.42 Å². The molecule has 2 atom stereocenters. The average molecular weight is 254 g/mol. The third-order valence-electron chi connectivity index (χ3n) is 2.77. The van der Waals surface area contributed by atoms with E-state index in [1.54, 1.807) is 36.4 Å². The van der Waals surface area contributed by atoms with Crippen LogP contribution in [0.1, 0.15) is 5.56 Å². The Kier molecular flexibility index (Phi) is 3.33. The Morgan fingerprint density at radius 3 is 2.47 bits per heavy atom. The minimum absolute atomic E-state index is 0.280. The van der Waals surface area contributed by atoms with Gasteiger partial charge in [0, 0.05) is 14.2 Å². The smallest absolute Gasteiger partial charge is 0.208 e. The first kappa shape index (κ1) is 12.3. The van der Waals surface area contributed by atoms with Gasteiger partial charge in [-0.05, 0) is 11.6 Å². The summed E-state index contributed by atoms with van der Waals surface area (Å²) >= 11 is 0. The Bertz CT molecular complexity index is 533. The van der Waals surface area contributed by atoms with Crippen LogP contribution in [0.15, 0.2) is 35.2 Å². The molecule has 5 heteroatoms. The van der Waals surface area contributed by atoms with Crippen LogP contribution in [0, 0.1) is 0 Å². The highest BCUT2D eigenvalue weighted by molar-refractivity contribution is 7.92. The second-order valence-corrected chi connectivity index (χ2v) is 5.74. The van der Waals surface area contributed by atoms with Gasteiger partial charge in [0.15, 0.2) is 5.44 Å². The summed E-state index contributed by atoms with van der Waals surface area (Å²) in [6.45, 7) is 0. The number of fused-ring (bicyclic) bond motifs is 1. The van der Waals surface area contributed by atoms with E-state index < -0.39 is 21.4 Å². The van der Waals surface area contributed by atoms with Crippen LogP contribution in [-0.4, -0.2) is 34.2 Å². The van der Waals surface area contributed by atoms with E-state index in [9.17, 15) is 8.42 Å². The molecule has 0 fully saturated rings. The molecule has 1 aromatic rings. The molecule has 0 bridgehead atoms. The molecule has 17 heavy (non-hydrogen) atoms. The fourth-order valence-electron chi connectivity index (χ4n) is 1.92. The van der Waals surface area contributed by atoms with Crippen molar-refractivity contribution in [2.45, 2.75) is 16.4 Å². The van der Waals surface area contributed by atoms with Crippen LogP contribution >= 0.6 is 0 Å². The summed E-state index contributed by atoms with van der Waals surface area (Å²) < 4.78 is 35.0. The van der Waals surface area contributed by atoms with Crippen LogP contribution in [0.4, 0.5) is 0 Å². The highest BCUT2D eigenvalue weighted by Gasteiger charge is 2.36. The van der Waals surface area contributed by atoms with Crippen molar-refractivity contribution >= 4 is 15.9 Å². The number of sulfone groups is 1. The zero-order chi connectivity index (χ0) is 12.5. The molecule has 0 spiro atoms. The topological polar surface area (TPSA) is 52.6 Å². The maximum Gasteiger partial charge on any atom is 0.208 e. The van der Waals surface area contributed by atoms with Crippen molar-refractivity contribution in [2.75, 3.05) is 14.2 Å². The first-order valence-electron chi connectivity index (χ1n) is 5.18. The summed E-state index contributed by atoms with van der Waals surface area (Å²) in [5, 5.41) is 0. The fraction of sp³-hybridized carbons (Fsp3) is 0.333. The van der Waals surface area contributed by atoms with Gasteiger partial charge in [0.2, 0.25) is 9.84 Å². The maximum atomic E-state index is 12.4. The summed E-state index contributed by atoms with van der Waals surface area (Å²) in [7, 11) is -0.705. The molecule has 0 aliphatic carbocycles. The van der Waals surface area contributed by atoms with E-state index >= 15 is 0 Å². The summed E-state index contributed by atoms with van der Waals surface area (Å²) in [5.41, 5.74) is -0.346. The molecule has 2 unspecified atom stereocenters. The van der Waals surface area contributed by atoms with Gasteiger partial charge in [-0.15, -0.1) is 0 Å². The minimum Gasteiger partial charge on any atom is -0.374 e. The Morgan fingerprint density at radius 2 is 1.82 bits per heavy atom. The van der Waals surface area contributed by atoms with E-state index in [1.165, 1.54) is 14.2 Å². The van der Waals surface area contributed by atoms with E-state index in [2.05, 4.69) is 0 Å². The molecule has 92 valence electrons. The van der Waals surface area contributed by atoms with Crippen molar-refractivity contribution in [3.05, 3.63) is 35.9 Å². The molecule has 1 aliphatic heterocycles. The van der Waals surface area contributed by atoms with Crippen LogP contribution in [0.25, 0.3) is 6.08 Å². The lowest BCUT2D eigenvalue weighted by molar-refractivity contribution is 0.0328. The summed E-state index contributed by atoms with van der Waals surface area (Å²) in [6.07, 6.45) is 2.86. The van der Waals surface area contributed by atoms with Crippen LogP contribution in [0.3, 0.4) is 0 Å². The third kappa shape index (κ3) is 2.01. The molecule has 0 amide bonds. The van der Waals surface area contributed by atoms with Gasteiger partial charge in [0.25, 0.3) is 0 Å². The van der Waals surface area contributed by atoms with Crippen molar-refractivity contribution in [3.8, 4) is 0 Å². The normalized spacial score (nSPS) is 26.2. The molecule has 0 aromatic heterocycles. The zero-order valence-corrected chi connectivity index (χ0v) is 10.5. The predicted molar refractivity (Wildman–Crippen MR) is 64.3 cm³/mol. The fourth-order valence-corrected chi connectivity index (χ4v) is 3.71. The zero-order valence-electron chi connectivity index (χ0n) is 9.66. The second kappa shape index (κ2) is 4.60. The lowest BCUT2D eigenvalue weighted by Gasteiger charge is -2.20. The first-order chi connectivity index (χ1) is 8.11. The largest absolute Gasteiger partial charge is 0.374 e. The average Bonchev–Trinajstić information content (AvgIpc) is 2.44. The number of hydrogen-bond acceptors (Lipinski definition) is 4. The Morgan fingerprint density at radius 1 is 1.12 bits per heavy atom. The van der Waals surface area contributed by atoms with Crippen LogP contribution in [0.5, 0.6) is 0 Å².